The second kappa shape index (κ2) is 15.4. The third-order valence-electron chi connectivity index (χ3n) is 2.68. The van der Waals surface area contributed by atoms with E-state index in [0.29, 0.717) is 13.1 Å². The van der Waals surface area contributed by atoms with Crippen LogP contribution in [0.15, 0.2) is 46.5 Å². The number of pyridine rings is 2. The molecule has 0 aliphatic rings. The highest BCUT2D eigenvalue weighted by molar-refractivity contribution is 8.76. The Kier molecular flexibility index (Phi) is 14.8. The molecule has 2 rings (SSSR count). The molecular weight excluding hydrogens is 336 g/mol. The van der Waals surface area contributed by atoms with E-state index in [9.17, 15) is 0 Å². The highest BCUT2D eigenvalue weighted by atomic mass is 33.1. The number of hydrogen-bond donors (Lipinski definition) is 2. The van der Waals surface area contributed by atoms with Gasteiger partial charge in [-0.2, -0.15) is 0 Å². The van der Waals surface area contributed by atoms with Crippen LogP contribution in [-0.4, -0.2) is 23.1 Å². The SMILES string of the molecule is CC.CC.NCCc1ncccc1SSc1cccnc1CCN. The molecule has 2 heterocycles. The molecule has 0 aromatic carbocycles. The fourth-order valence-electron chi connectivity index (χ4n) is 1.74. The van der Waals surface area contributed by atoms with Gasteiger partial charge in [-0.15, -0.1) is 0 Å². The van der Waals surface area contributed by atoms with Gasteiger partial charge in [0.1, 0.15) is 0 Å². The van der Waals surface area contributed by atoms with Crippen LogP contribution in [0.1, 0.15) is 39.1 Å². The summed E-state index contributed by atoms with van der Waals surface area (Å²) in [6.07, 6.45) is 5.21. The van der Waals surface area contributed by atoms with E-state index in [0.717, 1.165) is 34.0 Å². The predicted molar refractivity (Wildman–Crippen MR) is 108 cm³/mol. The lowest BCUT2D eigenvalue weighted by Crippen LogP contribution is -2.05. The zero-order valence-corrected chi connectivity index (χ0v) is 16.8. The summed E-state index contributed by atoms with van der Waals surface area (Å²) < 4.78 is 0. The zero-order chi connectivity index (χ0) is 18.2. The monoisotopic (exact) mass is 366 g/mol. The molecule has 0 bridgehead atoms. The molecule has 134 valence electrons. The third kappa shape index (κ3) is 8.15. The first kappa shape index (κ1) is 22.9. The quantitative estimate of drug-likeness (QED) is 0.710. The van der Waals surface area contributed by atoms with Gasteiger partial charge in [-0.1, -0.05) is 49.3 Å². The summed E-state index contributed by atoms with van der Waals surface area (Å²) in [5.41, 5.74) is 13.3. The molecule has 4 nitrogen and oxygen atoms in total. The Morgan fingerprint density at radius 3 is 1.46 bits per heavy atom. The smallest absolute Gasteiger partial charge is 0.0560 e. The molecule has 4 N–H and O–H groups in total. The lowest BCUT2D eigenvalue weighted by molar-refractivity contribution is 0.892. The van der Waals surface area contributed by atoms with Crippen LogP contribution in [0.25, 0.3) is 0 Å². The molecule has 24 heavy (non-hydrogen) atoms. The van der Waals surface area contributed by atoms with Crippen molar-refractivity contribution in [1.29, 1.82) is 0 Å². The van der Waals surface area contributed by atoms with E-state index in [4.69, 9.17) is 11.5 Å². The van der Waals surface area contributed by atoms with E-state index in [2.05, 4.69) is 22.1 Å². The third-order valence-corrected chi connectivity index (χ3v) is 5.19. The molecular formula is C18H30N4S2. The van der Waals surface area contributed by atoms with Crippen molar-refractivity contribution in [3.63, 3.8) is 0 Å². The van der Waals surface area contributed by atoms with Crippen LogP contribution in [0, 0.1) is 0 Å². The van der Waals surface area contributed by atoms with Crippen LogP contribution in [0.3, 0.4) is 0 Å². The standard InChI is InChI=1S/C14H18N4S2.2C2H6/c15-7-5-11-13(3-1-9-17-11)19-20-14-4-2-10-18-12(14)6-8-16;2*1-2/h1-4,9-10H,5-8,15-16H2;2*1-2H3. The van der Waals surface area contributed by atoms with E-state index in [1.54, 1.807) is 21.6 Å². The predicted octanol–water partition coefficient (Wildman–Crippen LogP) is 4.33. The van der Waals surface area contributed by atoms with Crippen LogP contribution in [0.4, 0.5) is 0 Å². The van der Waals surface area contributed by atoms with Gasteiger partial charge < -0.3 is 11.5 Å². The van der Waals surface area contributed by atoms with E-state index >= 15 is 0 Å². The summed E-state index contributed by atoms with van der Waals surface area (Å²) >= 11 is 0. The lowest BCUT2D eigenvalue weighted by atomic mass is 10.3. The Balaban J connectivity index is 0.00000123. The van der Waals surface area contributed by atoms with E-state index in [1.165, 1.54) is 0 Å². The molecule has 0 radical (unpaired) electrons. The van der Waals surface area contributed by atoms with Crippen LogP contribution >= 0.6 is 21.6 Å². The Bertz CT molecular complexity index is 501. The van der Waals surface area contributed by atoms with E-state index in [1.807, 2.05) is 52.2 Å². The Morgan fingerprint density at radius 1 is 0.750 bits per heavy atom. The average molecular weight is 367 g/mol. The van der Waals surface area contributed by atoms with Crippen molar-refractivity contribution in [1.82, 2.24) is 9.97 Å². The van der Waals surface area contributed by atoms with Crippen LogP contribution in [0.5, 0.6) is 0 Å². The second-order valence-electron chi connectivity index (χ2n) is 4.14. The fourth-order valence-corrected chi connectivity index (χ4v) is 4.14. The molecule has 0 saturated carbocycles. The lowest BCUT2D eigenvalue weighted by Gasteiger charge is -2.08. The summed E-state index contributed by atoms with van der Waals surface area (Å²) in [5, 5.41) is 0. The van der Waals surface area contributed by atoms with Gasteiger partial charge in [0.05, 0.1) is 11.4 Å². The second-order valence-corrected chi connectivity index (χ2v) is 6.35. The molecule has 0 spiro atoms. The molecule has 6 heteroatoms. The summed E-state index contributed by atoms with van der Waals surface area (Å²) in [4.78, 5) is 11.1. The molecule has 0 amide bonds. The van der Waals surface area contributed by atoms with Gasteiger partial charge >= 0.3 is 0 Å². The van der Waals surface area contributed by atoms with E-state index < -0.39 is 0 Å². The van der Waals surface area contributed by atoms with Crippen molar-refractivity contribution < 1.29 is 0 Å². The highest BCUT2D eigenvalue weighted by Crippen LogP contribution is 2.39. The van der Waals surface area contributed by atoms with Crippen molar-refractivity contribution in [3.05, 3.63) is 48.0 Å². The van der Waals surface area contributed by atoms with Crippen LogP contribution < -0.4 is 11.5 Å². The Hall–Kier alpha value is -1.08. The Labute approximate surface area is 154 Å². The molecule has 0 atom stereocenters. The highest BCUT2D eigenvalue weighted by Gasteiger charge is 2.08. The van der Waals surface area contributed by atoms with Crippen molar-refractivity contribution >= 4 is 21.6 Å². The van der Waals surface area contributed by atoms with Gasteiger partial charge in [-0.05, 0) is 37.4 Å². The maximum absolute atomic E-state index is 5.62. The minimum Gasteiger partial charge on any atom is -0.330 e. The van der Waals surface area contributed by atoms with Gasteiger partial charge in [0, 0.05) is 35.0 Å². The van der Waals surface area contributed by atoms with Gasteiger partial charge in [0.15, 0.2) is 0 Å². The number of aromatic nitrogens is 2. The molecule has 0 unspecified atom stereocenters. The topological polar surface area (TPSA) is 77.8 Å². The first-order valence-corrected chi connectivity index (χ1v) is 10.6. The molecule has 2 aromatic rings. The molecule has 2 aromatic heterocycles. The number of rotatable bonds is 7. The number of nitrogens with two attached hydrogens (primary N) is 2. The van der Waals surface area contributed by atoms with Crippen LogP contribution in [-0.2, 0) is 12.8 Å². The number of nitrogens with zero attached hydrogens (tertiary/aromatic N) is 2. The molecule has 0 fully saturated rings. The first-order chi connectivity index (χ1) is 11.8. The maximum atomic E-state index is 5.62. The Morgan fingerprint density at radius 2 is 1.12 bits per heavy atom. The maximum Gasteiger partial charge on any atom is 0.0560 e. The summed E-state index contributed by atoms with van der Waals surface area (Å²) in [7, 11) is 3.40. The average Bonchev–Trinajstić information content (AvgIpc) is 2.66. The van der Waals surface area contributed by atoms with Crippen molar-refractivity contribution in [2.75, 3.05) is 13.1 Å². The summed E-state index contributed by atoms with van der Waals surface area (Å²) in [5.74, 6) is 0. The minimum absolute atomic E-state index is 0.612. The van der Waals surface area contributed by atoms with Crippen molar-refractivity contribution in [2.45, 2.75) is 50.3 Å². The van der Waals surface area contributed by atoms with Gasteiger partial charge in [-0.3, -0.25) is 9.97 Å². The van der Waals surface area contributed by atoms with E-state index in [-0.39, 0.29) is 0 Å². The van der Waals surface area contributed by atoms with Gasteiger partial charge in [0.25, 0.3) is 0 Å². The molecule has 0 aliphatic heterocycles. The first-order valence-electron chi connectivity index (χ1n) is 8.47. The van der Waals surface area contributed by atoms with Gasteiger partial charge in [0.2, 0.25) is 0 Å². The summed E-state index contributed by atoms with van der Waals surface area (Å²) in [6.45, 7) is 9.22. The number of hydrogen-bond acceptors (Lipinski definition) is 6. The van der Waals surface area contributed by atoms with Crippen molar-refractivity contribution in [3.8, 4) is 0 Å². The van der Waals surface area contributed by atoms with Crippen molar-refractivity contribution in [2.24, 2.45) is 11.5 Å². The molecule has 0 saturated heterocycles. The molecule has 0 aliphatic carbocycles. The zero-order valence-electron chi connectivity index (χ0n) is 15.2. The summed E-state index contributed by atoms with van der Waals surface area (Å²) in [6, 6.07) is 8.06. The van der Waals surface area contributed by atoms with Crippen LogP contribution in [0.2, 0.25) is 0 Å². The fraction of sp³-hybridized carbons (Fsp3) is 0.444. The van der Waals surface area contributed by atoms with Gasteiger partial charge in [-0.25, -0.2) is 0 Å². The largest absolute Gasteiger partial charge is 0.330 e. The normalized spacial score (nSPS) is 9.42. The minimum atomic E-state index is 0.612.